The molecule has 1 amide bonds. The van der Waals surface area contributed by atoms with Crippen molar-refractivity contribution in [3.05, 3.63) is 82.7 Å². The molecule has 4 nitrogen and oxygen atoms in total. The molecule has 3 aromatic rings. The lowest BCUT2D eigenvalue weighted by atomic mass is 9.89. The summed E-state index contributed by atoms with van der Waals surface area (Å²) >= 11 is 1.79. The highest BCUT2D eigenvalue weighted by Crippen LogP contribution is 2.37. The maximum Gasteiger partial charge on any atom is 0.338 e. The van der Waals surface area contributed by atoms with Crippen molar-refractivity contribution in [1.29, 1.82) is 0 Å². The molecular weight excluding hydrogens is 394 g/mol. The van der Waals surface area contributed by atoms with E-state index >= 15 is 0 Å². The molecule has 5 heteroatoms. The standard InChI is InChI=1S/C25H25NO3S/c1-3-29-25(28)19-11-9-17(10-12-19)21-16-24(27)26(2)22(21)15-20-13-14-23(30-20)18-7-5-4-6-8-18/h4-14,21-22H,3,15-16H2,1-2H3. The van der Waals surface area contributed by atoms with Gasteiger partial charge in [-0.25, -0.2) is 4.79 Å². The van der Waals surface area contributed by atoms with Crippen LogP contribution in [0.4, 0.5) is 0 Å². The zero-order valence-electron chi connectivity index (χ0n) is 17.2. The molecule has 1 saturated heterocycles. The second kappa shape index (κ2) is 8.84. The van der Waals surface area contributed by atoms with Crippen molar-refractivity contribution in [2.24, 2.45) is 0 Å². The monoisotopic (exact) mass is 419 g/mol. The SMILES string of the molecule is CCOC(=O)c1ccc(C2CC(=O)N(C)C2Cc2ccc(-c3ccccc3)s2)cc1. The first-order valence-corrected chi connectivity index (χ1v) is 11.1. The van der Waals surface area contributed by atoms with Crippen LogP contribution in [0.3, 0.4) is 0 Å². The minimum atomic E-state index is -0.313. The third kappa shape index (κ3) is 4.17. The zero-order chi connectivity index (χ0) is 21.1. The van der Waals surface area contributed by atoms with E-state index in [9.17, 15) is 9.59 Å². The van der Waals surface area contributed by atoms with Crippen LogP contribution in [0, 0.1) is 0 Å². The third-order valence-electron chi connectivity index (χ3n) is 5.73. The van der Waals surface area contributed by atoms with E-state index in [1.54, 1.807) is 30.4 Å². The summed E-state index contributed by atoms with van der Waals surface area (Å²) < 4.78 is 5.07. The fraction of sp³-hybridized carbons (Fsp3) is 0.280. The molecule has 0 N–H and O–H groups in total. The smallest absolute Gasteiger partial charge is 0.338 e. The third-order valence-corrected chi connectivity index (χ3v) is 6.89. The van der Waals surface area contributed by atoms with Gasteiger partial charge in [-0.2, -0.15) is 0 Å². The van der Waals surface area contributed by atoms with Crippen molar-refractivity contribution in [3.63, 3.8) is 0 Å². The summed E-state index contributed by atoms with van der Waals surface area (Å²) in [5, 5.41) is 0. The molecule has 30 heavy (non-hydrogen) atoms. The molecule has 0 radical (unpaired) electrons. The van der Waals surface area contributed by atoms with E-state index in [4.69, 9.17) is 4.74 Å². The number of likely N-dealkylation sites (N-methyl/N-ethyl adjacent to an activating group) is 1. The lowest BCUT2D eigenvalue weighted by Gasteiger charge is -2.25. The van der Waals surface area contributed by atoms with Gasteiger partial charge in [-0.1, -0.05) is 42.5 Å². The minimum absolute atomic E-state index is 0.105. The zero-order valence-corrected chi connectivity index (χ0v) is 18.0. The predicted octanol–water partition coefficient (Wildman–Crippen LogP) is 5.15. The molecule has 154 valence electrons. The largest absolute Gasteiger partial charge is 0.462 e. The van der Waals surface area contributed by atoms with Crippen LogP contribution in [0.1, 0.15) is 40.1 Å². The molecule has 1 aromatic heterocycles. The maximum atomic E-state index is 12.5. The van der Waals surface area contributed by atoms with Gasteiger partial charge in [0, 0.05) is 41.6 Å². The highest BCUT2D eigenvalue weighted by atomic mass is 32.1. The Hall–Kier alpha value is -2.92. The van der Waals surface area contributed by atoms with Crippen LogP contribution in [-0.4, -0.2) is 36.5 Å². The van der Waals surface area contributed by atoms with Crippen LogP contribution in [0.15, 0.2) is 66.7 Å². The Kier molecular flexibility index (Phi) is 6.00. The Morgan fingerprint density at radius 2 is 1.80 bits per heavy atom. The summed E-state index contributed by atoms with van der Waals surface area (Å²) in [5.74, 6) is -0.0347. The number of hydrogen-bond donors (Lipinski definition) is 0. The van der Waals surface area contributed by atoms with Gasteiger partial charge in [0.25, 0.3) is 0 Å². The number of likely N-dealkylation sites (tertiary alicyclic amines) is 1. The van der Waals surface area contributed by atoms with Crippen molar-refractivity contribution in [1.82, 2.24) is 4.90 Å². The molecule has 1 fully saturated rings. The number of esters is 1. The summed E-state index contributed by atoms with van der Waals surface area (Å²) in [6.07, 6.45) is 1.32. The number of nitrogens with zero attached hydrogens (tertiary/aromatic N) is 1. The minimum Gasteiger partial charge on any atom is -0.462 e. The summed E-state index contributed by atoms with van der Waals surface area (Å²) in [5.41, 5.74) is 2.85. The molecule has 1 aliphatic heterocycles. The molecular formula is C25H25NO3S. The van der Waals surface area contributed by atoms with Crippen molar-refractivity contribution in [3.8, 4) is 10.4 Å². The van der Waals surface area contributed by atoms with Gasteiger partial charge in [0.05, 0.1) is 12.2 Å². The fourth-order valence-electron chi connectivity index (χ4n) is 4.07. The Bertz CT molecular complexity index is 1030. The van der Waals surface area contributed by atoms with Crippen LogP contribution < -0.4 is 0 Å². The maximum absolute atomic E-state index is 12.5. The number of hydrogen-bond acceptors (Lipinski definition) is 4. The first-order chi connectivity index (χ1) is 14.6. The van der Waals surface area contributed by atoms with Gasteiger partial charge < -0.3 is 9.64 Å². The van der Waals surface area contributed by atoms with Crippen LogP contribution in [-0.2, 0) is 16.0 Å². The summed E-state index contributed by atoms with van der Waals surface area (Å²) in [6, 6.07) is 22.3. The van der Waals surface area contributed by atoms with E-state index in [1.807, 2.05) is 42.3 Å². The lowest BCUT2D eigenvalue weighted by molar-refractivity contribution is -0.127. The van der Waals surface area contributed by atoms with Gasteiger partial charge in [-0.15, -0.1) is 11.3 Å². The predicted molar refractivity (Wildman–Crippen MR) is 120 cm³/mol. The van der Waals surface area contributed by atoms with Gasteiger partial charge in [-0.05, 0) is 42.3 Å². The summed E-state index contributed by atoms with van der Waals surface area (Å²) in [4.78, 5) is 28.8. The first-order valence-electron chi connectivity index (χ1n) is 10.2. The van der Waals surface area contributed by atoms with E-state index in [0.29, 0.717) is 18.6 Å². The van der Waals surface area contributed by atoms with Crippen LogP contribution in [0.5, 0.6) is 0 Å². The highest BCUT2D eigenvalue weighted by molar-refractivity contribution is 7.15. The number of benzene rings is 2. The van der Waals surface area contributed by atoms with Crippen molar-refractivity contribution in [2.75, 3.05) is 13.7 Å². The molecule has 0 bridgehead atoms. The molecule has 0 spiro atoms. The Morgan fingerprint density at radius 3 is 2.50 bits per heavy atom. The first kappa shape index (κ1) is 20.4. The van der Waals surface area contributed by atoms with E-state index < -0.39 is 0 Å². The number of carbonyl (C=O) groups excluding carboxylic acids is 2. The quantitative estimate of drug-likeness (QED) is 0.519. The number of ether oxygens (including phenoxy) is 1. The topological polar surface area (TPSA) is 46.6 Å². The molecule has 2 unspecified atom stereocenters. The molecule has 1 aliphatic rings. The van der Waals surface area contributed by atoms with E-state index in [1.165, 1.54) is 15.3 Å². The van der Waals surface area contributed by atoms with Crippen molar-refractivity contribution >= 4 is 23.2 Å². The summed E-state index contributed by atoms with van der Waals surface area (Å²) in [6.45, 7) is 2.15. The van der Waals surface area contributed by atoms with Gasteiger partial charge in [-0.3, -0.25) is 4.79 Å². The van der Waals surface area contributed by atoms with Crippen LogP contribution >= 0.6 is 11.3 Å². The number of thiophene rings is 1. The second-order valence-corrected chi connectivity index (χ2v) is 8.73. The van der Waals surface area contributed by atoms with Gasteiger partial charge in [0.1, 0.15) is 0 Å². The Balaban J connectivity index is 1.54. The van der Waals surface area contributed by atoms with Gasteiger partial charge in [0.2, 0.25) is 5.91 Å². The number of rotatable bonds is 6. The molecule has 0 saturated carbocycles. The van der Waals surface area contributed by atoms with Gasteiger partial charge >= 0.3 is 5.97 Å². The van der Waals surface area contributed by atoms with Crippen molar-refractivity contribution in [2.45, 2.75) is 31.7 Å². The summed E-state index contributed by atoms with van der Waals surface area (Å²) in [7, 11) is 1.89. The number of amides is 1. The second-order valence-electron chi connectivity index (χ2n) is 7.56. The molecule has 2 atom stereocenters. The normalized spacial score (nSPS) is 18.6. The van der Waals surface area contributed by atoms with E-state index in [2.05, 4.69) is 24.3 Å². The average Bonchev–Trinajstić information content (AvgIpc) is 3.35. The molecule has 4 rings (SSSR count). The average molecular weight is 420 g/mol. The van der Waals surface area contributed by atoms with Crippen LogP contribution in [0.2, 0.25) is 0 Å². The number of carbonyl (C=O) groups is 2. The molecule has 2 heterocycles. The van der Waals surface area contributed by atoms with E-state index in [0.717, 1.165) is 12.0 Å². The lowest BCUT2D eigenvalue weighted by Crippen LogP contribution is -2.32. The van der Waals surface area contributed by atoms with Gasteiger partial charge in [0.15, 0.2) is 0 Å². The molecule has 2 aromatic carbocycles. The van der Waals surface area contributed by atoms with E-state index in [-0.39, 0.29) is 23.8 Å². The molecule has 0 aliphatic carbocycles. The fourth-order valence-corrected chi connectivity index (χ4v) is 5.14. The van der Waals surface area contributed by atoms with Crippen LogP contribution in [0.25, 0.3) is 10.4 Å². The van der Waals surface area contributed by atoms with Crippen molar-refractivity contribution < 1.29 is 14.3 Å². The highest BCUT2D eigenvalue weighted by Gasteiger charge is 2.38. The Morgan fingerprint density at radius 1 is 1.07 bits per heavy atom. The Labute approximate surface area is 181 Å².